The van der Waals surface area contributed by atoms with Crippen molar-refractivity contribution in [2.75, 3.05) is 11.1 Å². The van der Waals surface area contributed by atoms with Crippen molar-refractivity contribution >= 4 is 34.4 Å². The largest absolute Gasteiger partial charge is 0.325 e. The number of nitrogens with zero attached hydrogens (tertiary/aromatic N) is 3. The summed E-state index contributed by atoms with van der Waals surface area (Å²) in [4.78, 5) is 17.2. The fraction of sp³-hybridized carbons (Fsp3) is 0.217. The molecule has 1 amide bonds. The number of anilines is 1. The molecule has 0 spiro atoms. The monoisotopic (exact) mass is 432 g/mol. The molecule has 2 heterocycles. The number of H-pyrrole nitrogens is 1. The van der Waals surface area contributed by atoms with Gasteiger partial charge in [0.1, 0.15) is 5.49 Å². The van der Waals surface area contributed by atoms with Gasteiger partial charge in [-0.15, -0.1) is 0 Å². The number of aromatic amines is 1. The molecule has 4 rings (SSSR count). The lowest BCUT2D eigenvalue weighted by Crippen LogP contribution is -2.23. The smallest absolute Gasteiger partial charge is 0.234 e. The molecule has 4 aromatic rings. The Kier molecular flexibility index (Phi) is 5.90. The molecule has 31 heavy (non-hydrogen) atoms. The van der Waals surface area contributed by atoms with Crippen LogP contribution in [0.3, 0.4) is 0 Å². The summed E-state index contributed by atoms with van der Waals surface area (Å²) in [6.45, 7) is 5.99. The molecule has 7 nitrogen and oxygen atoms in total. The fourth-order valence-electron chi connectivity index (χ4n) is 3.31. The maximum Gasteiger partial charge on any atom is 0.234 e. The van der Waals surface area contributed by atoms with Gasteiger partial charge in [-0.1, -0.05) is 48.5 Å². The summed E-state index contributed by atoms with van der Waals surface area (Å²) in [6.07, 6.45) is 0.942. The Morgan fingerprint density at radius 1 is 1.13 bits per heavy atom. The molecule has 3 N–H and O–H groups in total. The van der Waals surface area contributed by atoms with Gasteiger partial charge in [-0.2, -0.15) is 5.10 Å². The molecule has 0 aliphatic carbocycles. The summed E-state index contributed by atoms with van der Waals surface area (Å²) in [7, 11) is 0. The maximum absolute atomic E-state index is 12.5. The van der Waals surface area contributed by atoms with Crippen LogP contribution in [0.25, 0.3) is 16.7 Å². The summed E-state index contributed by atoms with van der Waals surface area (Å²) in [5.41, 5.74) is 5.51. The van der Waals surface area contributed by atoms with Gasteiger partial charge < -0.3 is 5.32 Å². The molecule has 0 aliphatic heterocycles. The van der Waals surface area contributed by atoms with Crippen molar-refractivity contribution in [1.82, 2.24) is 19.7 Å². The van der Waals surface area contributed by atoms with E-state index in [-0.39, 0.29) is 11.7 Å². The van der Waals surface area contributed by atoms with E-state index >= 15 is 0 Å². The van der Waals surface area contributed by atoms with Crippen molar-refractivity contribution in [2.24, 2.45) is 0 Å². The molecule has 0 unspecified atom stereocenters. The third-order valence-corrected chi connectivity index (χ3v) is 5.99. The number of fused-ring (bicyclic) bond motifs is 1. The van der Waals surface area contributed by atoms with Gasteiger partial charge in [0.05, 0.1) is 11.1 Å². The number of rotatable bonds is 6. The van der Waals surface area contributed by atoms with E-state index in [1.54, 1.807) is 4.57 Å². The summed E-state index contributed by atoms with van der Waals surface area (Å²) in [5, 5.41) is 20.1. The zero-order chi connectivity index (χ0) is 22.0. The van der Waals surface area contributed by atoms with Crippen molar-refractivity contribution in [3.8, 4) is 5.69 Å². The van der Waals surface area contributed by atoms with Gasteiger partial charge in [-0.3, -0.25) is 19.9 Å². The van der Waals surface area contributed by atoms with E-state index in [0.29, 0.717) is 21.7 Å². The van der Waals surface area contributed by atoms with Crippen LogP contribution in [0.2, 0.25) is 0 Å². The Bertz CT molecular complexity index is 1290. The number of hydrogen-bond acceptors (Lipinski definition) is 5. The molecule has 0 fully saturated rings. The second kappa shape index (κ2) is 8.77. The van der Waals surface area contributed by atoms with E-state index in [9.17, 15) is 4.79 Å². The lowest BCUT2D eigenvalue weighted by Gasteiger charge is -2.14. The Morgan fingerprint density at radius 3 is 2.52 bits per heavy atom. The van der Waals surface area contributed by atoms with Crippen molar-refractivity contribution in [3.05, 3.63) is 70.8 Å². The van der Waals surface area contributed by atoms with E-state index in [2.05, 4.69) is 27.4 Å². The SMILES string of the molecule is CCc1ccc(-n2c(SCC(=O)Nc3ccc(C)cc3)nc3n[nH]c(C)c3c2=N)cc1. The lowest BCUT2D eigenvalue weighted by atomic mass is 10.1. The Morgan fingerprint density at radius 2 is 1.84 bits per heavy atom. The highest BCUT2D eigenvalue weighted by molar-refractivity contribution is 7.99. The van der Waals surface area contributed by atoms with E-state index < -0.39 is 0 Å². The zero-order valence-electron chi connectivity index (χ0n) is 17.7. The van der Waals surface area contributed by atoms with Crippen LogP contribution in [0.5, 0.6) is 0 Å². The lowest BCUT2D eigenvalue weighted by molar-refractivity contribution is -0.113. The zero-order valence-corrected chi connectivity index (χ0v) is 18.5. The van der Waals surface area contributed by atoms with Crippen molar-refractivity contribution in [3.63, 3.8) is 0 Å². The third-order valence-electron chi connectivity index (χ3n) is 5.05. The molecule has 0 radical (unpaired) electrons. The number of carbonyl (C=O) groups is 1. The van der Waals surface area contributed by atoms with E-state index in [0.717, 1.165) is 29.1 Å². The van der Waals surface area contributed by atoms with E-state index in [1.165, 1.54) is 17.3 Å². The molecule has 0 atom stereocenters. The van der Waals surface area contributed by atoms with Crippen LogP contribution in [-0.4, -0.2) is 31.4 Å². The first-order valence-electron chi connectivity index (χ1n) is 10.1. The van der Waals surface area contributed by atoms with E-state index in [4.69, 9.17) is 5.41 Å². The number of hydrogen-bond donors (Lipinski definition) is 3. The normalized spacial score (nSPS) is 11.1. The third kappa shape index (κ3) is 4.39. The maximum atomic E-state index is 12.5. The first-order valence-corrected chi connectivity index (χ1v) is 11.1. The van der Waals surface area contributed by atoms with Gasteiger partial charge >= 0.3 is 0 Å². The average Bonchev–Trinajstić information content (AvgIpc) is 3.15. The van der Waals surface area contributed by atoms with Crippen LogP contribution in [0.15, 0.2) is 53.7 Å². The summed E-state index contributed by atoms with van der Waals surface area (Å²) >= 11 is 1.29. The molecule has 0 aliphatic rings. The van der Waals surface area contributed by atoms with Crippen LogP contribution in [-0.2, 0) is 11.2 Å². The first kappa shape index (κ1) is 20.9. The average molecular weight is 433 g/mol. The minimum Gasteiger partial charge on any atom is -0.325 e. The van der Waals surface area contributed by atoms with Gasteiger partial charge in [0.2, 0.25) is 5.91 Å². The fourth-order valence-corrected chi connectivity index (χ4v) is 4.12. The molecule has 8 heteroatoms. The summed E-state index contributed by atoms with van der Waals surface area (Å²) in [6, 6.07) is 15.7. The summed E-state index contributed by atoms with van der Waals surface area (Å²) in [5.74, 6) is 0.0378. The number of amides is 1. The number of aromatic nitrogens is 4. The predicted octanol–water partition coefficient (Wildman–Crippen LogP) is 4.14. The molecule has 2 aromatic heterocycles. The van der Waals surface area contributed by atoms with Gasteiger partial charge in [0.15, 0.2) is 10.8 Å². The van der Waals surface area contributed by atoms with Crippen LogP contribution >= 0.6 is 11.8 Å². The molecule has 2 aromatic carbocycles. The first-order chi connectivity index (χ1) is 15.0. The van der Waals surface area contributed by atoms with Crippen LogP contribution in [0, 0.1) is 19.3 Å². The van der Waals surface area contributed by atoms with Crippen molar-refractivity contribution in [2.45, 2.75) is 32.3 Å². The number of aryl methyl sites for hydroxylation is 3. The minimum absolute atomic E-state index is 0.131. The quantitative estimate of drug-likeness (QED) is 0.315. The highest BCUT2D eigenvalue weighted by Gasteiger charge is 2.16. The Balaban J connectivity index is 1.66. The van der Waals surface area contributed by atoms with Crippen molar-refractivity contribution in [1.29, 1.82) is 5.41 Å². The van der Waals surface area contributed by atoms with Gasteiger partial charge in [0.25, 0.3) is 0 Å². The molecule has 158 valence electrons. The van der Waals surface area contributed by atoms with Gasteiger partial charge in [0, 0.05) is 17.1 Å². The second-order valence-electron chi connectivity index (χ2n) is 7.35. The minimum atomic E-state index is -0.131. The van der Waals surface area contributed by atoms with Gasteiger partial charge in [-0.25, -0.2) is 4.98 Å². The van der Waals surface area contributed by atoms with Crippen LogP contribution < -0.4 is 10.8 Å². The molecule has 0 saturated carbocycles. The summed E-state index contributed by atoms with van der Waals surface area (Å²) < 4.78 is 1.77. The number of carbonyl (C=O) groups excluding carboxylic acids is 1. The number of thioether (sulfide) groups is 1. The highest BCUT2D eigenvalue weighted by Crippen LogP contribution is 2.22. The number of nitrogens with one attached hydrogen (secondary N) is 3. The Hall–Kier alpha value is -3.39. The Labute approximate surface area is 184 Å². The topological polar surface area (TPSA) is 99.4 Å². The molecular formula is C23H24N6OS. The molecule has 0 bridgehead atoms. The van der Waals surface area contributed by atoms with Crippen LogP contribution in [0.1, 0.15) is 23.7 Å². The predicted molar refractivity (Wildman–Crippen MR) is 124 cm³/mol. The van der Waals surface area contributed by atoms with Crippen LogP contribution in [0.4, 0.5) is 5.69 Å². The second-order valence-corrected chi connectivity index (χ2v) is 8.29. The molecule has 0 saturated heterocycles. The highest BCUT2D eigenvalue weighted by atomic mass is 32.2. The number of benzene rings is 2. The standard InChI is InChI=1S/C23H24N6OS/c1-4-16-7-11-18(12-8-16)29-21(24)20-15(3)27-28-22(20)26-23(29)31-13-19(30)25-17-9-5-14(2)6-10-17/h5-12,24H,4,13H2,1-3H3,(H,25,30)(H,27,28). The van der Waals surface area contributed by atoms with E-state index in [1.807, 2.05) is 62.4 Å². The van der Waals surface area contributed by atoms with Crippen molar-refractivity contribution < 1.29 is 4.79 Å². The van der Waals surface area contributed by atoms with Gasteiger partial charge in [-0.05, 0) is 50.1 Å². The molecular weight excluding hydrogens is 408 g/mol.